The Bertz CT molecular complexity index is 963. The number of anilines is 1. The van der Waals surface area contributed by atoms with Crippen LogP contribution in [0.15, 0.2) is 35.0 Å². The highest BCUT2D eigenvalue weighted by Gasteiger charge is 2.20. The second-order valence-corrected chi connectivity index (χ2v) is 6.62. The molecule has 1 amide bonds. The number of hydrogen-bond acceptors (Lipinski definition) is 7. The van der Waals surface area contributed by atoms with Crippen molar-refractivity contribution in [3.05, 3.63) is 45.9 Å². The largest absolute Gasteiger partial charge is 0.451 e. The number of thiophene rings is 1. The molecule has 2 heterocycles. The number of carbonyl (C=O) groups excluding carboxylic acids is 2. The molecule has 0 aliphatic carbocycles. The first-order valence-corrected chi connectivity index (χ1v) is 9.00. The summed E-state index contributed by atoms with van der Waals surface area (Å²) in [5.41, 5.74) is 0.725. The van der Waals surface area contributed by atoms with Crippen LogP contribution in [0.3, 0.4) is 0 Å². The summed E-state index contributed by atoms with van der Waals surface area (Å²) in [7, 11) is 0. The lowest BCUT2D eigenvalue weighted by atomic mass is 10.3. The number of halogens is 2. The van der Waals surface area contributed by atoms with Crippen LogP contribution in [0.2, 0.25) is 5.02 Å². The summed E-state index contributed by atoms with van der Waals surface area (Å²) in [6.07, 6.45) is -1.15. The standard InChI is InChI=1S/C16H13ClFN5O3S/c1-9(16(25)19-13-3-2-11(17)6-12(13)18)26-14(24)7-23-21-15(20-22-23)10-4-5-27-8-10/h2-6,8-9H,7H2,1H3,(H,19,25)/t9-/m0/s1. The highest BCUT2D eigenvalue weighted by Crippen LogP contribution is 2.19. The Hall–Kier alpha value is -2.85. The maximum absolute atomic E-state index is 13.7. The van der Waals surface area contributed by atoms with Crippen molar-refractivity contribution in [3.8, 4) is 11.4 Å². The Morgan fingerprint density at radius 1 is 1.41 bits per heavy atom. The lowest BCUT2D eigenvalue weighted by molar-refractivity contribution is -0.154. The molecule has 0 aliphatic rings. The lowest BCUT2D eigenvalue weighted by Gasteiger charge is -2.13. The number of esters is 1. The van der Waals surface area contributed by atoms with Gasteiger partial charge in [-0.1, -0.05) is 11.6 Å². The maximum atomic E-state index is 13.7. The second-order valence-electron chi connectivity index (χ2n) is 5.40. The van der Waals surface area contributed by atoms with Crippen LogP contribution in [0.1, 0.15) is 6.92 Å². The van der Waals surface area contributed by atoms with E-state index in [1.165, 1.54) is 30.4 Å². The fourth-order valence-corrected chi connectivity index (χ4v) is 2.84. The van der Waals surface area contributed by atoms with E-state index in [0.29, 0.717) is 5.82 Å². The molecule has 0 aliphatic heterocycles. The van der Waals surface area contributed by atoms with Gasteiger partial charge in [-0.05, 0) is 41.8 Å². The van der Waals surface area contributed by atoms with Crippen molar-refractivity contribution < 1.29 is 18.7 Å². The average Bonchev–Trinajstić information content (AvgIpc) is 3.28. The number of carbonyl (C=O) groups is 2. The first-order valence-electron chi connectivity index (χ1n) is 7.68. The molecule has 3 rings (SSSR count). The molecule has 0 unspecified atom stereocenters. The number of nitrogens with one attached hydrogen (secondary N) is 1. The maximum Gasteiger partial charge on any atom is 0.330 e. The molecule has 11 heteroatoms. The van der Waals surface area contributed by atoms with Crippen molar-refractivity contribution >= 4 is 40.5 Å². The van der Waals surface area contributed by atoms with Gasteiger partial charge in [0.15, 0.2) is 12.6 Å². The molecule has 0 spiro atoms. The van der Waals surface area contributed by atoms with E-state index in [-0.39, 0.29) is 17.3 Å². The zero-order valence-electron chi connectivity index (χ0n) is 13.9. The summed E-state index contributed by atoms with van der Waals surface area (Å²) in [4.78, 5) is 25.1. The number of amides is 1. The van der Waals surface area contributed by atoms with Gasteiger partial charge in [-0.15, -0.1) is 10.2 Å². The van der Waals surface area contributed by atoms with E-state index >= 15 is 0 Å². The van der Waals surface area contributed by atoms with Crippen molar-refractivity contribution in [1.82, 2.24) is 20.2 Å². The Kier molecular flexibility index (Phi) is 5.77. The number of rotatable bonds is 6. The van der Waals surface area contributed by atoms with Crippen LogP contribution >= 0.6 is 22.9 Å². The van der Waals surface area contributed by atoms with E-state index in [9.17, 15) is 14.0 Å². The average molecular weight is 410 g/mol. The zero-order valence-corrected chi connectivity index (χ0v) is 15.5. The number of aromatic nitrogens is 4. The van der Waals surface area contributed by atoms with Crippen LogP contribution in [-0.2, 0) is 20.9 Å². The van der Waals surface area contributed by atoms with Crippen LogP contribution in [0, 0.1) is 5.82 Å². The first kappa shape index (κ1) is 18.9. The summed E-state index contributed by atoms with van der Waals surface area (Å²) in [6.45, 7) is 1.05. The Morgan fingerprint density at radius 3 is 2.93 bits per heavy atom. The number of hydrogen-bond donors (Lipinski definition) is 1. The van der Waals surface area contributed by atoms with Crippen molar-refractivity contribution in [1.29, 1.82) is 0 Å². The molecule has 1 atom stereocenters. The van der Waals surface area contributed by atoms with Gasteiger partial charge in [0, 0.05) is 16.0 Å². The predicted octanol–water partition coefficient (Wildman–Crippen LogP) is 2.76. The van der Waals surface area contributed by atoms with E-state index < -0.39 is 23.8 Å². The minimum Gasteiger partial charge on any atom is -0.451 e. The molecule has 0 saturated carbocycles. The smallest absolute Gasteiger partial charge is 0.330 e. The Morgan fingerprint density at radius 2 is 2.22 bits per heavy atom. The van der Waals surface area contributed by atoms with E-state index in [2.05, 4.69) is 20.7 Å². The van der Waals surface area contributed by atoms with Crippen LogP contribution in [-0.4, -0.2) is 38.2 Å². The van der Waals surface area contributed by atoms with E-state index in [1.807, 2.05) is 16.8 Å². The van der Waals surface area contributed by atoms with Gasteiger partial charge in [-0.25, -0.2) is 9.18 Å². The van der Waals surface area contributed by atoms with Crippen LogP contribution in [0.4, 0.5) is 10.1 Å². The Labute approximate surface area is 161 Å². The quantitative estimate of drug-likeness (QED) is 0.628. The minimum atomic E-state index is -1.15. The zero-order chi connectivity index (χ0) is 19.4. The highest BCUT2D eigenvalue weighted by atomic mass is 35.5. The molecule has 27 heavy (non-hydrogen) atoms. The van der Waals surface area contributed by atoms with Crippen molar-refractivity contribution in [2.24, 2.45) is 0 Å². The second kappa shape index (κ2) is 8.23. The molecule has 1 N–H and O–H groups in total. The number of nitrogens with zero attached hydrogens (tertiary/aromatic N) is 4. The van der Waals surface area contributed by atoms with Gasteiger partial charge >= 0.3 is 5.97 Å². The summed E-state index contributed by atoms with van der Waals surface area (Å²) in [5.74, 6) is -1.73. The molecule has 0 fully saturated rings. The van der Waals surface area contributed by atoms with Crippen molar-refractivity contribution in [2.45, 2.75) is 19.6 Å². The lowest BCUT2D eigenvalue weighted by Crippen LogP contribution is -2.31. The SMILES string of the molecule is C[C@H](OC(=O)Cn1nnc(-c2ccsc2)n1)C(=O)Nc1ccc(Cl)cc1F. The summed E-state index contributed by atoms with van der Waals surface area (Å²) in [5, 5.41) is 17.9. The van der Waals surface area contributed by atoms with Gasteiger partial charge < -0.3 is 10.1 Å². The molecule has 8 nitrogen and oxygen atoms in total. The monoisotopic (exact) mass is 409 g/mol. The van der Waals surface area contributed by atoms with Crippen LogP contribution < -0.4 is 5.32 Å². The van der Waals surface area contributed by atoms with Crippen molar-refractivity contribution in [3.63, 3.8) is 0 Å². The van der Waals surface area contributed by atoms with Crippen molar-refractivity contribution in [2.75, 3.05) is 5.32 Å². The third-order valence-electron chi connectivity index (χ3n) is 3.37. The fraction of sp³-hybridized carbons (Fsp3) is 0.188. The molecule has 0 saturated heterocycles. The molecule has 1 aromatic carbocycles. The van der Waals surface area contributed by atoms with Gasteiger partial charge in [0.2, 0.25) is 5.82 Å². The summed E-state index contributed by atoms with van der Waals surface area (Å²) >= 11 is 7.14. The molecule has 3 aromatic rings. The van der Waals surface area contributed by atoms with Gasteiger partial charge in [-0.2, -0.15) is 16.1 Å². The molecule has 0 radical (unpaired) electrons. The van der Waals surface area contributed by atoms with E-state index in [4.69, 9.17) is 16.3 Å². The Balaban J connectivity index is 1.54. The number of ether oxygens (including phenoxy) is 1. The van der Waals surface area contributed by atoms with Gasteiger partial charge in [0.05, 0.1) is 5.69 Å². The molecular formula is C16H13ClFN5O3S. The third kappa shape index (κ3) is 4.86. The van der Waals surface area contributed by atoms with E-state index in [1.54, 1.807) is 0 Å². The molecule has 140 valence electrons. The van der Waals surface area contributed by atoms with Crippen LogP contribution in [0.25, 0.3) is 11.4 Å². The topological polar surface area (TPSA) is 99.0 Å². The number of tetrazole rings is 1. The van der Waals surface area contributed by atoms with E-state index in [0.717, 1.165) is 16.4 Å². The minimum absolute atomic E-state index is 0.0642. The molecule has 0 bridgehead atoms. The van der Waals surface area contributed by atoms with Gasteiger partial charge in [-0.3, -0.25) is 4.79 Å². The summed E-state index contributed by atoms with van der Waals surface area (Å²) in [6, 6.07) is 5.63. The first-order chi connectivity index (χ1) is 12.9. The summed E-state index contributed by atoms with van der Waals surface area (Å²) < 4.78 is 18.7. The predicted molar refractivity (Wildman–Crippen MR) is 96.7 cm³/mol. The third-order valence-corrected chi connectivity index (χ3v) is 4.29. The van der Waals surface area contributed by atoms with Crippen LogP contribution in [0.5, 0.6) is 0 Å². The molecule has 2 aromatic heterocycles. The number of benzene rings is 1. The van der Waals surface area contributed by atoms with Gasteiger partial charge in [0.1, 0.15) is 5.82 Å². The highest BCUT2D eigenvalue weighted by molar-refractivity contribution is 7.08. The normalized spacial score (nSPS) is 11.8. The fourth-order valence-electron chi connectivity index (χ4n) is 2.05. The van der Waals surface area contributed by atoms with Gasteiger partial charge in [0.25, 0.3) is 5.91 Å². The molecular weight excluding hydrogens is 397 g/mol.